The van der Waals surface area contributed by atoms with Crippen molar-refractivity contribution < 1.29 is 0 Å². The van der Waals surface area contributed by atoms with E-state index in [2.05, 4.69) is 31.9 Å². The molecule has 0 saturated carbocycles. The maximum atomic E-state index is 5.72. The molecule has 1 aromatic carbocycles. The van der Waals surface area contributed by atoms with Crippen molar-refractivity contribution >= 4 is 5.69 Å². The van der Waals surface area contributed by atoms with Crippen LogP contribution in [0.25, 0.3) is 0 Å². The molecule has 0 bridgehead atoms. The number of nitrogens with zero attached hydrogens (tertiary/aromatic N) is 1. The van der Waals surface area contributed by atoms with Gasteiger partial charge in [-0.05, 0) is 30.7 Å². The first-order valence-corrected chi connectivity index (χ1v) is 5.11. The Morgan fingerprint density at radius 1 is 1.36 bits per heavy atom. The van der Waals surface area contributed by atoms with Gasteiger partial charge in [0, 0.05) is 18.8 Å². The van der Waals surface area contributed by atoms with Crippen LogP contribution in [0.15, 0.2) is 24.3 Å². The zero-order valence-corrected chi connectivity index (χ0v) is 9.33. The molecule has 0 aliphatic heterocycles. The van der Waals surface area contributed by atoms with Gasteiger partial charge in [-0.1, -0.05) is 26.0 Å². The third-order valence-corrected chi connectivity index (χ3v) is 2.08. The molecule has 0 aliphatic rings. The number of nitrogens with two attached hydrogens (primary N) is 1. The van der Waals surface area contributed by atoms with Crippen molar-refractivity contribution in [1.82, 2.24) is 4.90 Å². The predicted octanol–water partition coefficient (Wildman–Crippen LogP) is 2.36. The molecule has 1 rings (SSSR count). The Balaban J connectivity index is 2.51. The molecule has 0 saturated heterocycles. The van der Waals surface area contributed by atoms with Gasteiger partial charge in [0.15, 0.2) is 0 Å². The summed E-state index contributed by atoms with van der Waals surface area (Å²) >= 11 is 0. The number of benzene rings is 1. The number of hydrogen-bond acceptors (Lipinski definition) is 2. The number of rotatable bonds is 4. The maximum Gasteiger partial charge on any atom is 0.0317 e. The molecule has 1 aromatic rings. The van der Waals surface area contributed by atoms with Gasteiger partial charge < -0.3 is 10.6 Å². The second kappa shape index (κ2) is 5.01. The van der Waals surface area contributed by atoms with Crippen LogP contribution in [-0.4, -0.2) is 18.5 Å². The van der Waals surface area contributed by atoms with Crippen molar-refractivity contribution in [3.63, 3.8) is 0 Å². The molecule has 2 nitrogen and oxygen atoms in total. The molecule has 0 aromatic heterocycles. The third kappa shape index (κ3) is 3.79. The van der Waals surface area contributed by atoms with E-state index in [4.69, 9.17) is 5.73 Å². The van der Waals surface area contributed by atoms with Crippen molar-refractivity contribution in [2.75, 3.05) is 19.3 Å². The minimum atomic E-state index is 0.709. The Morgan fingerprint density at radius 3 is 2.64 bits per heavy atom. The number of nitrogen functional groups attached to an aromatic ring is 1. The molecule has 0 spiro atoms. The first-order valence-electron chi connectivity index (χ1n) is 5.11. The highest BCUT2D eigenvalue weighted by molar-refractivity contribution is 5.40. The van der Waals surface area contributed by atoms with Crippen LogP contribution >= 0.6 is 0 Å². The summed E-state index contributed by atoms with van der Waals surface area (Å²) in [5.74, 6) is 0.709. The topological polar surface area (TPSA) is 29.3 Å². The van der Waals surface area contributed by atoms with E-state index in [0.29, 0.717) is 5.92 Å². The highest BCUT2D eigenvalue weighted by Crippen LogP contribution is 2.09. The summed E-state index contributed by atoms with van der Waals surface area (Å²) in [4.78, 5) is 2.32. The lowest BCUT2D eigenvalue weighted by Gasteiger charge is -2.18. The standard InChI is InChI=1S/C12H20N2/c1-10(2)8-14(3)9-11-5-4-6-12(13)7-11/h4-7,10H,8-9,13H2,1-3H3. The summed E-state index contributed by atoms with van der Waals surface area (Å²) in [6.07, 6.45) is 0. The Bertz CT molecular complexity index is 281. The largest absolute Gasteiger partial charge is 0.399 e. The molecule has 0 heterocycles. The average molecular weight is 192 g/mol. The molecule has 0 radical (unpaired) electrons. The van der Waals surface area contributed by atoms with Crippen LogP contribution in [0.2, 0.25) is 0 Å². The lowest BCUT2D eigenvalue weighted by Crippen LogP contribution is -2.22. The van der Waals surface area contributed by atoms with Gasteiger partial charge in [0.25, 0.3) is 0 Å². The van der Waals surface area contributed by atoms with Crippen LogP contribution in [0, 0.1) is 5.92 Å². The molecule has 14 heavy (non-hydrogen) atoms. The van der Waals surface area contributed by atoms with E-state index in [-0.39, 0.29) is 0 Å². The minimum Gasteiger partial charge on any atom is -0.399 e. The van der Waals surface area contributed by atoms with Crippen LogP contribution in [0.5, 0.6) is 0 Å². The summed E-state index contributed by atoms with van der Waals surface area (Å²) in [6.45, 7) is 6.56. The Hall–Kier alpha value is -1.02. The van der Waals surface area contributed by atoms with E-state index in [1.54, 1.807) is 0 Å². The van der Waals surface area contributed by atoms with Crippen LogP contribution in [0.4, 0.5) is 5.69 Å². The summed E-state index contributed by atoms with van der Waals surface area (Å²) in [6, 6.07) is 8.09. The number of anilines is 1. The molecular weight excluding hydrogens is 172 g/mol. The van der Waals surface area contributed by atoms with Gasteiger partial charge in [-0.3, -0.25) is 0 Å². The van der Waals surface area contributed by atoms with Gasteiger partial charge in [-0.2, -0.15) is 0 Å². The Kier molecular flexibility index (Phi) is 3.96. The van der Waals surface area contributed by atoms with E-state index >= 15 is 0 Å². The van der Waals surface area contributed by atoms with Crippen LogP contribution in [-0.2, 0) is 6.54 Å². The highest BCUT2D eigenvalue weighted by Gasteiger charge is 2.02. The maximum absolute atomic E-state index is 5.72. The van der Waals surface area contributed by atoms with E-state index < -0.39 is 0 Å². The SMILES string of the molecule is CC(C)CN(C)Cc1cccc(N)c1. The van der Waals surface area contributed by atoms with Gasteiger partial charge in [0.2, 0.25) is 0 Å². The summed E-state index contributed by atoms with van der Waals surface area (Å²) in [7, 11) is 2.14. The number of hydrogen-bond donors (Lipinski definition) is 1. The van der Waals surface area contributed by atoms with E-state index in [9.17, 15) is 0 Å². The third-order valence-electron chi connectivity index (χ3n) is 2.08. The molecule has 0 aliphatic carbocycles. The molecule has 0 amide bonds. The summed E-state index contributed by atoms with van der Waals surface area (Å²) in [5, 5.41) is 0. The predicted molar refractivity (Wildman–Crippen MR) is 62.0 cm³/mol. The second-order valence-electron chi connectivity index (χ2n) is 4.34. The van der Waals surface area contributed by atoms with E-state index in [1.165, 1.54) is 5.56 Å². The normalized spacial score (nSPS) is 11.2. The Labute approximate surface area is 86.7 Å². The smallest absolute Gasteiger partial charge is 0.0317 e. The fraction of sp³-hybridized carbons (Fsp3) is 0.500. The van der Waals surface area contributed by atoms with Gasteiger partial charge >= 0.3 is 0 Å². The van der Waals surface area contributed by atoms with Crippen molar-refractivity contribution in [2.45, 2.75) is 20.4 Å². The van der Waals surface area contributed by atoms with E-state index in [0.717, 1.165) is 18.8 Å². The first-order chi connectivity index (χ1) is 6.58. The highest BCUT2D eigenvalue weighted by atomic mass is 15.1. The molecular formula is C12H20N2. The molecule has 2 N–H and O–H groups in total. The molecule has 0 fully saturated rings. The fourth-order valence-corrected chi connectivity index (χ4v) is 1.69. The first kappa shape index (κ1) is 11.1. The van der Waals surface area contributed by atoms with Gasteiger partial charge in [-0.15, -0.1) is 0 Å². The van der Waals surface area contributed by atoms with E-state index in [1.807, 2.05) is 18.2 Å². The van der Waals surface area contributed by atoms with Crippen LogP contribution in [0.1, 0.15) is 19.4 Å². The summed E-state index contributed by atoms with van der Waals surface area (Å²) < 4.78 is 0. The monoisotopic (exact) mass is 192 g/mol. The molecule has 0 unspecified atom stereocenters. The second-order valence-corrected chi connectivity index (χ2v) is 4.34. The summed E-state index contributed by atoms with van der Waals surface area (Å²) in [5.41, 5.74) is 7.85. The van der Waals surface area contributed by atoms with Gasteiger partial charge in [0.1, 0.15) is 0 Å². The van der Waals surface area contributed by atoms with Crippen LogP contribution in [0.3, 0.4) is 0 Å². The fourth-order valence-electron chi connectivity index (χ4n) is 1.69. The van der Waals surface area contributed by atoms with Crippen molar-refractivity contribution in [1.29, 1.82) is 0 Å². The van der Waals surface area contributed by atoms with Crippen molar-refractivity contribution in [2.24, 2.45) is 5.92 Å². The lowest BCUT2D eigenvalue weighted by atomic mass is 10.1. The van der Waals surface area contributed by atoms with Crippen molar-refractivity contribution in [3.8, 4) is 0 Å². The molecule has 0 atom stereocenters. The molecule has 2 heteroatoms. The Morgan fingerprint density at radius 2 is 2.07 bits per heavy atom. The lowest BCUT2D eigenvalue weighted by molar-refractivity contribution is 0.288. The minimum absolute atomic E-state index is 0.709. The van der Waals surface area contributed by atoms with Gasteiger partial charge in [-0.25, -0.2) is 0 Å². The quantitative estimate of drug-likeness (QED) is 0.742. The molecule has 78 valence electrons. The average Bonchev–Trinajstić information content (AvgIpc) is 2.01. The zero-order valence-electron chi connectivity index (χ0n) is 9.33. The zero-order chi connectivity index (χ0) is 10.6. The van der Waals surface area contributed by atoms with Crippen molar-refractivity contribution in [3.05, 3.63) is 29.8 Å². The van der Waals surface area contributed by atoms with Crippen LogP contribution < -0.4 is 5.73 Å². The van der Waals surface area contributed by atoms with Gasteiger partial charge in [0.05, 0.1) is 0 Å².